The quantitative estimate of drug-likeness (QED) is 0.167. The van der Waals surface area contributed by atoms with Crippen molar-refractivity contribution in [1.29, 1.82) is 0 Å². The number of carbonyl (C=O) groups excluding carboxylic acids is 3. The Bertz CT molecular complexity index is 900. The van der Waals surface area contributed by atoms with Crippen LogP contribution in [0.5, 0.6) is 0 Å². The van der Waals surface area contributed by atoms with Crippen LogP contribution in [0.2, 0.25) is 0 Å². The third-order valence-corrected chi connectivity index (χ3v) is 6.57. The average Bonchev–Trinajstić information content (AvgIpc) is 2.72. The van der Waals surface area contributed by atoms with Gasteiger partial charge < -0.3 is 31.6 Å². The van der Waals surface area contributed by atoms with E-state index >= 15 is 0 Å². The van der Waals surface area contributed by atoms with E-state index in [1.54, 1.807) is 24.3 Å². The number of amides is 3. The molecular formula is C18H24N4O8S4. The van der Waals surface area contributed by atoms with Crippen molar-refractivity contribution >= 4 is 86.7 Å². The van der Waals surface area contributed by atoms with E-state index in [1.165, 1.54) is 13.8 Å². The van der Waals surface area contributed by atoms with Gasteiger partial charge in [-0.15, -0.1) is 0 Å². The Balaban J connectivity index is 0.0000109. The average molecular weight is 553 g/mol. The monoisotopic (exact) mass is 552 g/mol. The van der Waals surface area contributed by atoms with E-state index < -0.39 is 41.1 Å². The number of thioether (sulfide) groups is 2. The van der Waals surface area contributed by atoms with Crippen LogP contribution >= 0.6 is 47.7 Å². The first-order chi connectivity index (χ1) is 15.5. The van der Waals surface area contributed by atoms with E-state index in [1.807, 2.05) is 0 Å². The maximum atomic E-state index is 11.9. The van der Waals surface area contributed by atoms with Crippen molar-refractivity contribution < 1.29 is 39.7 Å². The number of hydrogen-bond donors (Lipinski definition) is 6. The number of benzene rings is 1. The largest absolute Gasteiger partial charge is 0.480 e. The highest BCUT2D eigenvalue weighted by Crippen LogP contribution is 2.20. The van der Waals surface area contributed by atoms with Gasteiger partial charge in [-0.1, -0.05) is 35.7 Å². The molecule has 16 heteroatoms. The first kappa shape index (κ1) is 31.5. The number of hydrogen-bond acceptors (Lipinski definition) is 9. The summed E-state index contributed by atoms with van der Waals surface area (Å²) in [6.07, 6.45) is 0. The van der Waals surface area contributed by atoms with Crippen molar-refractivity contribution in [2.45, 2.75) is 30.8 Å². The molecule has 0 spiro atoms. The predicted octanol–water partition coefficient (Wildman–Crippen LogP) is 0.920. The number of carboxylic acid groups (broad SMARTS) is 2. The molecule has 0 aliphatic heterocycles. The molecular weight excluding hydrogens is 528 g/mol. The molecule has 0 bridgehead atoms. The maximum Gasteiger partial charge on any atom is 0.327 e. The van der Waals surface area contributed by atoms with Crippen LogP contribution in [0.1, 0.15) is 13.8 Å². The molecule has 0 aliphatic carbocycles. The number of rotatable bonds is 11. The van der Waals surface area contributed by atoms with Gasteiger partial charge in [-0.05, 0) is 36.2 Å². The lowest BCUT2D eigenvalue weighted by Gasteiger charge is -2.14. The molecule has 8 N–H and O–H groups in total. The first-order valence-corrected chi connectivity index (χ1v) is 12.3. The molecule has 0 saturated heterocycles. The molecule has 3 amide bonds. The number of thiocarbonyl (C=S) groups is 1. The first-order valence-electron chi connectivity index (χ1n) is 9.11. The van der Waals surface area contributed by atoms with Gasteiger partial charge in [0.2, 0.25) is 11.8 Å². The third-order valence-electron chi connectivity index (χ3n) is 3.47. The summed E-state index contributed by atoms with van der Waals surface area (Å²) in [6, 6.07) is 4.60. The molecule has 0 aliphatic rings. The van der Waals surface area contributed by atoms with Crippen LogP contribution in [0.4, 0.5) is 10.5 Å². The zero-order chi connectivity index (χ0) is 25.0. The fraction of sp³-hybridized carbons (Fsp3) is 0.333. The van der Waals surface area contributed by atoms with Gasteiger partial charge in [-0.3, -0.25) is 19.1 Å². The Morgan fingerprint density at radius 3 is 1.79 bits per heavy atom. The van der Waals surface area contributed by atoms with Crippen molar-refractivity contribution in [2.24, 2.45) is 0 Å². The van der Waals surface area contributed by atoms with Gasteiger partial charge in [-0.25, -0.2) is 9.59 Å². The lowest BCUT2D eigenvalue weighted by atomic mass is 10.3. The van der Waals surface area contributed by atoms with Gasteiger partial charge in [0.05, 0.1) is 0 Å². The minimum Gasteiger partial charge on any atom is -0.480 e. The summed E-state index contributed by atoms with van der Waals surface area (Å²) in [5.74, 6) is -3.40. The highest BCUT2D eigenvalue weighted by molar-refractivity contribution is 8.23. The van der Waals surface area contributed by atoms with Crippen LogP contribution in [0.25, 0.3) is 0 Å². The third kappa shape index (κ3) is 13.2. The summed E-state index contributed by atoms with van der Waals surface area (Å²) in [7, 11) is 0. The van der Waals surface area contributed by atoms with Crippen LogP contribution in [0, 0.1) is 0 Å². The zero-order valence-corrected chi connectivity index (χ0v) is 21.2. The van der Waals surface area contributed by atoms with E-state index in [2.05, 4.69) is 20.7 Å². The minimum atomic E-state index is -1.23. The van der Waals surface area contributed by atoms with Gasteiger partial charge >= 0.3 is 11.9 Å². The molecule has 1 rings (SSSR count). The van der Waals surface area contributed by atoms with Crippen LogP contribution in [-0.4, -0.2) is 72.6 Å². The summed E-state index contributed by atoms with van der Waals surface area (Å²) in [5, 5.41) is 25.2. The fourth-order valence-electron chi connectivity index (χ4n) is 2.05. The number of nitrogens with one attached hydrogen (secondary N) is 4. The molecule has 2 atom stereocenters. The standard InChI is InChI=1S/C18H22N4O7S4.H2O/c1-9(23)19-13(15(25)26)7-31-17(29)22-33-12-5-3-11(4-6-12)21-18(30)32-8-14(16(27)28)20-10(2)24;/h3-6,13-14H,7-8H2,1-2H3,(H,19,23)(H,20,24)(H,21,30)(H,22,29)(H,25,26)(H,27,28);1H2. The molecule has 1 aromatic rings. The van der Waals surface area contributed by atoms with Crippen molar-refractivity contribution in [2.75, 3.05) is 16.8 Å². The van der Waals surface area contributed by atoms with E-state index in [9.17, 15) is 24.0 Å². The van der Waals surface area contributed by atoms with Crippen molar-refractivity contribution in [1.82, 2.24) is 15.4 Å². The van der Waals surface area contributed by atoms with Crippen LogP contribution in [0.3, 0.4) is 0 Å². The summed E-state index contributed by atoms with van der Waals surface area (Å²) < 4.78 is 2.88. The summed E-state index contributed by atoms with van der Waals surface area (Å²) >= 11 is 8.01. The van der Waals surface area contributed by atoms with Gasteiger partial charge in [0.15, 0.2) is 0 Å². The number of anilines is 1. The van der Waals surface area contributed by atoms with E-state index in [0.717, 1.165) is 35.5 Å². The summed E-state index contributed by atoms with van der Waals surface area (Å²) in [5.41, 5.74) is 0.642. The molecule has 0 radical (unpaired) electrons. The zero-order valence-electron chi connectivity index (χ0n) is 17.9. The minimum absolute atomic E-state index is 0. The van der Waals surface area contributed by atoms with Crippen LogP contribution in [-0.2, 0) is 19.2 Å². The molecule has 0 saturated carbocycles. The summed E-state index contributed by atoms with van der Waals surface area (Å²) in [6.45, 7) is 2.43. The molecule has 1 aromatic carbocycles. The van der Waals surface area contributed by atoms with E-state index in [0.29, 0.717) is 14.9 Å². The Labute approximate surface area is 213 Å². The number of carbonyl (C=O) groups is 5. The lowest BCUT2D eigenvalue weighted by Crippen LogP contribution is -2.41. The van der Waals surface area contributed by atoms with Crippen molar-refractivity contribution in [3.63, 3.8) is 0 Å². The smallest absolute Gasteiger partial charge is 0.327 e. The lowest BCUT2D eigenvalue weighted by molar-refractivity contribution is -0.141. The highest BCUT2D eigenvalue weighted by Gasteiger charge is 2.20. The Hall–Kier alpha value is -2.53. The predicted molar refractivity (Wildman–Crippen MR) is 136 cm³/mol. The molecule has 12 nitrogen and oxygen atoms in total. The Morgan fingerprint density at radius 1 is 0.882 bits per heavy atom. The second kappa shape index (κ2) is 16.2. The van der Waals surface area contributed by atoms with Gasteiger partial charge in [0.1, 0.15) is 16.4 Å². The SMILES string of the molecule is CC(=O)NC(CSC(=O)NSc1ccc(NC(=S)SCC(NC(C)=O)C(=O)O)cc1)C(=O)O.O. The van der Waals surface area contributed by atoms with Gasteiger partial charge in [-0.2, -0.15) is 0 Å². The number of carboxylic acids is 2. The molecule has 188 valence electrons. The van der Waals surface area contributed by atoms with Crippen molar-refractivity contribution in [3.8, 4) is 0 Å². The normalized spacial score (nSPS) is 11.7. The van der Waals surface area contributed by atoms with E-state index in [4.69, 9.17) is 22.4 Å². The van der Waals surface area contributed by atoms with Gasteiger partial charge in [0, 0.05) is 35.9 Å². The van der Waals surface area contributed by atoms with Crippen molar-refractivity contribution in [3.05, 3.63) is 24.3 Å². The molecule has 34 heavy (non-hydrogen) atoms. The van der Waals surface area contributed by atoms with Crippen LogP contribution < -0.4 is 20.7 Å². The molecule has 2 unspecified atom stereocenters. The molecule has 0 aromatic heterocycles. The fourth-order valence-corrected chi connectivity index (χ4v) is 4.48. The second-order valence-electron chi connectivity index (χ2n) is 6.23. The molecule has 0 heterocycles. The number of aliphatic carboxylic acids is 2. The highest BCUT2D eigenvalue weighted by atomic mass is 32.2. The van der Waals surface area contributed by atoms with E-state index in [-0.39, 0.29) is 17.0 Å². The summed E-state index contributed by atoms with van der Waals surface area (Å²) in [4.78, 5) is 56.8. The Kier molecular flexibility index (Phi) is 15.0. The molecule has 0 fully saturated rings. The Morgan fingerprint density at radius 2 is 1.35 bits per heavy atom. The second-order valence-corrected chi connectivity index (χ2v) is 9.80. The van der Waals surface area contributed by atoms with Crippen LogP contribution in [0.15, 0.2) is 29.2 Å². The maximum absolute atomic E-state index is 11.9. The topological polar surface area (TPSA) is 205 Å². The van der Waals surface area contributed by atoms with Gasteiger partial charge in [0.25, 0.3) is 5.24 Å².